The Kier molecular flexibility index (Phi) is 8.94. The summed E-state index contributed by atoms with van der Waals surface area (Å²) >= 11 is 5.92. The van der Waals surface area contributed by atoms with E-state index in [1.807, 2.05) is 0 Å². The van der Waals surface area contributed by atoms with E-state index < -0.39 is 64.8 Å². The van der Waals surface area contributed by atoms with Gasteiger partial charge in [0.2, 0.25) is 0 Å². The molecular weight excluding hydrogens is 567 g/mol. The summed E-state index contributed by atoms with van der Waals surface area (Å²) in [6, 6.07) is 11.1. The first-order chi connectivity index (χ1) is 18.1. The largest absolute Gasteiger partial charge is 0.461 e. The van der Waals surface area contributed by atoms with Crippen molar-refractivity contribution in [1.82, 2.24) is 10.6 Å². The van der Waals surface area contributed by atoms with Gasteiger partial charge in [-0.1, -0.05) is 48.0 Å². The topological polar surface area (TPSA) is 50.4 Å². The highest BCUT2D eigenvalue weighted by Gasteiger charge is 2.45. The molecule has 0 heterocycles. The molecule has 2 amide bonds. The second kappa shape index (κ2) is 11.6. The van der Waals surface area contributed by atoms with E-state index in [9.17, 15) is 44.3 Å². The summed E-state index contributed by atoms with van der Waals surface area (Å²) in [5.41, 5.74) is -2.26. The van der Waals surface area contributed by atoms with Crippen molar-refractivity contribution >= 4 is 17.6 Å². The predicted molar refractivity (Wildman–Crippen MR) is 123 cm³/mol. The lowest BCUT2D eigenvalue weighted by atomic mass is 9.77. The Morgan fingerprint density at radius 2 is 1.56 bits per heavy atom. The van der Waals surface area contributed by atoms with Crippen LogP contribution in [0.1, 0.15) is 16.7 Å². The Balaban J connectivity index is 2.25. The van der Waals surface area contributed by atoms with Gasteiger partial charge in [-0.05, 0) is 41.0 Å². The second-order valence-corrected chi connectivity index (χ2v) is 8.67. The molecule has 3 aromatic carbocycles. The minimum atomic E-state index is -5.04. The smallest absolute Gasteiger partial charge is 0.428 e. The molecule has 14 heteroatoms. The molecule has 0 spiro atoms. The maximum Gasteiger partial charge on any atom is 0.461 e. The minimum absolute atomic E-state index is 0.114. The van der Waals surface area contributed by atoms with Crippen LogP contribution in [0.25, 0.3) is 0 Å². The van der Waals surface area contributed by atoms with Gasteiger partial charge in [0.25, 0.3) is 0 Å². The molecule has 0 radical (unpaired) electrons. The number of alkyl halides is 7. The summed E-state index contributed by atoms with van der Waals surface area (Å²) in [5, 5.41) is 3.37. The summed E-state index contributed by atoms with van der Waals surface area (Å²) in [4.78, 5) is 12.7. The average Bonchev–Trinajstić information content (AvgIpc) is 2.83. The maximum absolute atomic E-state index is 14.7. The monoisotopic (exact) mass is 584 g/mol. The first kappa shape index (κ1) is 29.9. The Bertz CT molecular complexity index is 1310. The molecule has 0 aliphatic carbocycles. The SMILES string of the molecule is O=C(NCC(F)(F)F)NC(Cc1ccccc1)(c1cc(F)cc(OC(F)(F)C(F)F)c1)c1ccc(F)c(Cl)c1. The number of benzene rings is 3. The van der Waals surface area contributed by atoms with Gasteiger partial charge in [-0.3, -0.25) is 0 Å². The van der Waals surface area contributed by atoms with E-state index in [1.165, 1.54) is 12.1 Å². The number of hydrogen-bond donors (Lipinski definition) is 2. The molecule has 1 atom stereocenters. The van der Waals surface area contributed by atoms with Crippen molar-refractivity contribution in [3.8, 4) is 5.75 Å². The van der Waals surface area contributed by atoms with Gasteiger partial charge in [-0.2, -0.15) is 30.7 Å². The molecule has 2 N–H and O–H groups in total. The predicted octanol–water partition coefficient (Wildman–Crippen LogP) is 7.20. The number of carbonyl (C=O) groups is 1. The molecule has 0 aromatic heterocycles. The number of amides is 2. The highest BCUT2D eigenvalue weighted by atomic mass is 35.5. The van der Waals surface area contributed by atoms with Crippen LogP contribution in [0.4, 0.5) is 44.3 Å². The van der Waals surface area contributed by atoms with Crippen molar-refractivity contribution in [2.45, 2.75) is 30.7 Å². The highest BCUT2D eigenvalue weighted by molar-refractivity contribution is 6.30. The lowest BCUT2D eigenvalue weighted by molar-refractivity contribution is -0.253. The Morgan fingerprint density at radius 1 is 0.897 bits per heavy atom. The highest BCUT2D eigenvalue weighted by Crippen LogP contribution is 2.39. The summed E-state index contributed by atoms with van der Waals surface area (Å²) in [7, 11) is 0. The molecule has 1 unspecified atom stereocenters. The number of carbonyl (C=O) groups excluding carboxylic acids is 1. The number of hydrogen-bond acceptors (Lipinski definition) is 2. The van der Waals surface area contributed by atoms with Gasteiger partial charge in [0, 0.05) is 12.5 Å². The van der Waals surface area contributed by atoms with Crippen LogP contribution in [0.3, 0.4) is 0 Å². The Hall–Kier alpha value is -3.61. The molecule has 0 fully saturated rings. The van der Waals surface area contributed by atoms with E-state index >= 15 is 0 Å². The number of nitrogens with one attached hydrogen (secondary N) is 2. The van der Waals surface area contributed by atoms with Crippen LogP contribution >= 0.6 is 11.6 Å². The third kappa shape index (κ3) is 7.71. The number of halogens is 10. The lowest BCUT2D eigenvalue weighted by Gasteiger charge is -2.37. The van der Waals surface area contributed by atoms with E-state index in [2.05, 4.69) is 10.1 Å². The third-order valence-corrected chi connectivity index (χ3v) is 5.66. The quantitative estimate of drug-likeness (QED) is 0.261. The van der Waals surface area contributed by atoms with E-state index in [0.29, 0.717) is 17.7 Å². The Morgan fingerprint density at radius 3 is 2.15 bits per heavy atom. The fourth-order valence-electron chi connectivity index (χ4n) is 3.71. The van der Waals surface area contributed by atoms with Crippen molar-refractivity contribution in [1.29, 1.82) is 0 Å². The van der Waals surface area contributed by atoms with Crippen LogP contribution in [0.15, 0.2) is 66.7 Å². The van der Waals surface area contributed by atoms with E-state index in [-0.39, 0.29) is 12.0 Å². The number of ether oxygens (including phenoxy) is 1. The lowest BCUT2D eigenvalue weighted by Crippen LogP contribution is -2.53. The van der Waals surface area contributed by atoms with E-state index in [4.69, 9.17) is 11.6 Å². The summed E-state index contributed by atoms with van der Waals surface area (Å²) in [5.74, 6) is -3.29. The van der Waals surface area contributed by atoms with Gasteiger partial charge in [0.1, 0.15) is 23.9 Å². The van der Waals surface area contributed by atoms with Gasteiger partial charge < -0.3 is 15.4 Å². The summed E-state index contributed by atoms with van der Waals surface area (Å²) in [6.45, 7) is -1.78. The zero-order valence-corrected chi connectivity index (χ0v) is 20.2. The normalized spacial score (nSPS) is 13.6. The van der Waals surface area contributed by atoms with Crippen molar-refractivity contribution in [2.75, 3.05) is 6.54 Å². The van der Waals surface area contributed by atoms with Crippen molar-refractivity contribution in [3.05, 3.63) is 100 Å². The average molecular weight is 585 g/mol. The molecule has 4 nitrogen and oxygen atoms in total. The molecule has 0 aliphatic rings. The van der Waals surface area contributed by atoms with Gasteiger partial charge >= 0.3 is 24.7 Å². The second-order valence-electron chi connectivity index (χ2n) is 8.26. The number of rotatable bonds is 9. The van der Waals surface area contributed by atoms with Gasteiger partial charge in [0.15, 0.2) is 0 Å². The van der Waals surface area contributed by atoms with Crippen LogP contribution in [-0.4, -0.2) is 31.3 Å². The first-order valence-corrected chi connectivity index (χ1v) is 11.3. The molecule has 39 heavy (non-hydrogen) atoms. The van der Waals surface area contributed by atoms with Crippen LogP contribution in [0.5, 0.6) is 5.75 Å². The molecule has 210 valence electrons. The van der Waals surface area contributed by atoms with Crippen LogP contribution in [0.2, 0.25) is 5.02 Å². The fourth-order valence-corrected chi connectivity index (χ4v) is 3.89. The van der Waals surface area contributed by atoms with E-state index in [1.54, 1.807) is 23.5 Å². The van der Waals surface area contributed by atoms with Gasteiger partial charge in [-0.25, -0.2) is 13.6 Å². The molecule has 0 bridgehead atoms. The molecule has 0 saturated heterocycles. The molecule has 3 aromatic rings. The van der Waals surface area contributed by atoms with Crippen molar-refractivity contribution in [3.63, 3.8) is 0 Å². The minimum Gasteiger partial charge on any atom is -0.428 e. The molecule has 3 rings (SSSR count). The van der Waals surface area contributed by atoms with E-state index in [0.717, 1.165) is 24.3 Å². The van der Waals surface area contributed by atoms with Crippen LogP contribution in [-0.2, 0) is 12.0 Å². The standard InChI is InChI=1S/C25H18ClF9N2O2/c26-19-10-15(6-7-20(19)28)23(12-14-4-2-1-3-5-14,37-22(38)36-13-24(31,32)33)16-8-17(27)11-18(9-16)39-25(34,35)21(29)30/h1-11,21H,12-13H2,(H2,36,37,38). The Labute approximate surface area is 220 Å². The summed E-state index contributed by atoms with van der Waals surface area (Å²) < 4.78 is 124. The zero-order chi connectivity index (χ0) is 29.0. The molecule has 0 saturated carbocycles. The van der Waals surface area contributed by atoms with Crippen LogP contribution < -0.4 is 15.4 Å². The van der Waals surface area contributed by atoms with Gasteiger partial charge in [-0.15, -0.1) is 0 Å². The first-order valence-electron chi connectivity index (χ1n) is 10.9. The maximum atomic E-state index is 14.7. The van der Waals surface area contributed by atoms with Crippen molar-refractivity contribution < 1.29 is 49.0 Å². The molecular formula is C25H18ClF9N2O2. The number of urea groups is 1. The zero-order valence-electron chi connectivity index (χ0n) is 19.4. The van der Waals surface area contributed by atoms with Crippen molar-refractivity contribution in [2.24, 2.45) is 0 Å². The van der Waals surface area contributed by atoms with Crippen LogP contribution in [0, 0.1) is 11.6 Å². The molecule has 0 aliphatic heterocycles. The van der Waals surface area contributed by atoms with Gasteiger partial charge in [0.05, 0.1) is 10.6 Å². The fraction of sp³-hybridized carbons (Fsp3) is 0.240. The third-order valence-electron chi connectivity index (χ3n) is 5.37. The summed E-state index contributed by atoms with van der Waals surface area (Å²) in [6.07, 6.45) is -14.5.